The number of hydrogen-bond acceptors (Lipinski definition) is 2. The molecule has 1 saturated heterocycles. The van der Waals surface area contributed by atoms with Gasteiger partial charge in [0.05, 0.1) is 5.92 Å². The molecule has 92 valence electrons. The van der Waals surface area contributed by atoms with Crippen LogP contribution in [0.15, 0.2) is 0 Å². The second-order valence-corrected chi connectivity index (χ2v) is 4.55. The molecule has 1 fully saturated rings. The van der Waals surface area contributed by atoms with E-state index in [2.05, 4.69) is 0 Å². The summed E-state index contributed by atoms with van der Waals surface area (Å²) in [7, 11) is 0. The van der Waals surface area contributed by atoms with Crippen LogP contribution >= 0.6 is 0 Å². The third-order valence-corrected chi connectivity index (χ3v) is 3.21. The molecule has 2 amide bonds. The Kier molecular flexibility index (Phi) is 4.33. The number of carbonyl (C=O) groups excluding carboxylic acids is 2. The monoisotopic (exact) mass is 226 g/mol. The third kappa shape index (κ3) is 2.54. The van der Waals surface area contributed by atoms with Crippen molar-refractivity contribution in [2.24, 2.45) is 5.92 Å². The zero-order chi connectivity index (χ0) is 12.3. The van der Waals surface area contributed by atoms with Crippen molar-refractivity contribution in [1.82, 2.24) is 9.80 Å². The lowest BCUT2D eigenvalue weighted by atomic mass is 10.1. The molecule has 0 unspecified atom stereocenters. The third-order valence-electron chi connectivity index (χ3n) is 3.21. The quantitative estimate of drug-likeness (QED) is 0.720. The molecular formula is C12H22N2O2. The summed E-state index contributed by atoms with van der Waals surface area (Å²) in [4.78, 5) is 27.4. The fraction of sp³-hybridized carbons (Fsp3) is 0.833. The van der Waals surface area contributed by atoms with E-state index >= 15 is 0 Å². The van der Waals surface area contributed by atoms with Gasteiger partial charge in [-0.3, -0.25) is 9.59 Å². The first-order valence-electron chi connectivity index (χ1n) is 6.09. The number of nitrogens with zero attached hydrogens (tertiary/aromatic N) is 2. The molecule has 16 heavy (non-hydrogen) atoms. The molecule has 1 aliphatic heterocycles. The van der Waals surface area contributed by atoms with Crippen LogP contribution in [-0.2, 0) is 9.59 Å². The zero-order valence-corrected chi connectivity index (χ0v) is 10.7. The topological polar surface area (TPSA) is 40.6 Å². The average Bonchev–Trinajstić information content (AvgIpc) is 2.62. The maximum absolute atomic E-state index is 12.1. The van der Waals surface area contributed by atoms with Gasteiger partial charge in [-0.05, 0) is 27.7 Å². The van der Waals surface area contributed by atoms with Gasteiger partial charge in [0, 0.05) is 32.1 Å². The largest absolute Gasteiger partial charge is 0.343 e. The summed E-state index contributed by atoms with van der Waals surface area (Å²) in [5.74, 6) is 0.108. The van der Waals surface area contributed by atoms with Gasteiger partial charge in [0.15, 0.2) is 0 Å². The molecule has 0 saturated carbocycles. The van der Waals surface area contributed by atoms with Crippen molar-refractivity contribution in [2.45, 2.75) is 40.2 Å². The minimum absolute atomic E-state index is 0.112. The van der Waals surface area contributed by atoms with Crippen LogP contribution in [0.4, 0.5) is 0 Å². The van der Waals surface area contributed by atoms with E-state index in [1.165, 1.54) is 0 Å². The molecule has 0 aromatic carbocycles. The van der Waals surface area contributed by atoms with E-state index in [1.54, 1.807) is 4.90 Å². The summed E-state index contributed by atoms with van der Waals surface area (Å²) in [5.41, 5.74) is 0. The lowest BCUT2D eigenvalue weighted by Gasteiger charge is -2.24. The Hall–Kier alpha value is -1.06. The lowest BCUT2D eigenvalue weighted by Crippen LogP contribution is -2.38. The van der Waals surface area contributed by atoms with Gasteiger partial charge >= 0.3 is 0 Å². The van der Waals surface area contributed by atoms with Crippen LogP contribution in [0.2, 0.25) is 0 Å². The van der Waals surface area contributed by atoms with Gasteiger partial charge in [-0.25, -0.2) is 0 Å². The van der Waals surface area contributed by atoms with Crippen molar-refractivity contribution in [2.75, 3.05) is 19.6 Å². The number of likely N-dealkylation sites (tertiary alicyclic amines) is 1. The Morgan fingerprint density at radius 2 is 2.00 bits per heavy atom. The van der Waals surface area contributed by atoms with Crippen LogP contribution in [0.25, 0.3) is 0 Å². The summed E-state index contributed by atoms with van der Waals surface area (Å²) >= 11 is 0. The fourth-order valence-corrected chi connectivity index (χ4v) is 2.19. The van der Waals surface area contributed by atoms with E-state index in [0.717, 1.165) is 13.1 Å². The minimum atomic E-state index is -0.130. The Morgan fingerprint density at radius 1 is 1.44 bits per heavy atom. The van der Waals surface area contributed by atoms with Crippen molar-refractivity contribution >= 4 is 11.8 Å². The average molecular weight is 226 g/mol. The molecular weight excluding hydrogens is 204 g/mol. The number of hydrogen-bond donors (Lipinski definition) is 0. The van der Waals surface area contributed by atoms with E-state index < -0.39 is 0 Å². The van der Waals surface area contributed by atoms with Gasteiger partial charge < -0.3 is 9.80 Å². The van der Waals surface area contributed by atoms with E-state index in [-0.39, 0.29) is 23.8 Å². The SMILES string of the molecule is CCN(CC)C(=O)[C@H]1CC(=O)N(C(C)C)C1. The Bertz CT molecular complexity index is 272. The van der Waals surface area contributed by atoms with Crippen LogP contribution < -0.4 is 0 Å². The van der Waals surface area contributed by atoms with Gasteiger partial charge in [-0.1, -0.05) is 0 Å². The molecule has 1 aliphatic rings. The summed E-state index contributed by atoms with van der Waals surface area (Å²) in [5, 5.41) is 0. The second-order valence-electron chi connectivity index (χ2n) is 4.55. The fourth-order valence-electron chi connectivity index (χ4n) is 2.19. The molecule has 0 aromatic rings. The smallest absolute Gasteiger partial charge is 0.227 e. The summed E-state index contributed by atoms with van der Waals surface area (Å²) in [6.07, 6.45) is 0.382. The summed E-state index contributed by atoms with van der Waals surface area (Å²) < 4.78 is 0. The van der Waals surface area contributed by atoms with Crippen molar-refractivity contribution in [3.05, 3.63) is 0 Å². The van der Waals surface area contributed by atoms with Crippen molar-refractivity contribution < 1.29 is 9.59 Å². The van der Waals surface area contributed by atoms with Crippen LogP contribution in [0.5, 0.6) is 0 Å². The summed E-state index contributed by atoms with van der Waals surface area (Å²) in [6.45, 7) is 9.95. The predicted octanol–water partition coefficient (Wildman–Crippen LogP) is 1.11. The molecule has 4 heteroatoms. The number of rotatable bonds is 4. The molecule has 4 nitrogen and oxygen atoms in total. The van der Waals surface area contributed by atoms with E-state index in [0.29, 0.717) is 13.0 Å². The van der Waals surface area contributed by atoms with E-state index in [1.807, 2.05) is 32.6 Å². The van der Waals surface area contributed by atoms with Crippen molar-refractivity contribution in [3.8, 4) is 0 Å². The highest BCUT2D eigenvalue weighted by atomic mass is 16.2. The molecule has 1 rings (SSSR count). The number of carbonyl (C=O) groups is 2. The highest BCUT2D eigenvalue weighted by molar-refractivity contribution is 5.89. The van der Waals surface area contributed by atoms with Crippen molar-refractivity contribution in [1.29, 1.82) is 0 Å². The van der Waals surface area contributed by atoms with Crippen molar-refractivity contribution in [3.63, 3.8) is 0 Å². The maximum Gasteiger partial charge on any atom is 0.227 e. The normalized spacial score (nSPS) is 20.7. The van der Waals surface area contributed by atoms with Gasteiger partial charge in [0.1, 0.15) is 0 Å². The van der Waals surface area contributed by atoms with E-state index in [4.69, 9.17) is 0 Å². The Balaban J connectivity index is 2.64. The predicted molar refractivity (Wildman–Crippen MR) is 62.9 cm³/mol. The molecule has 0 bridgehead atoms. The molecule has 0 aliphatic carbocycles. The molecule has 1 atom stereocenters. The lowest BCUT2D eigenvalue weighted by molar-refractivity contribution is -0.135. The van der Waals surface area contributed by atoms with Gasteiger partial charge in [0.2, 0.25) is 11.8 Å². The molecule has 0 aromatic heterocycles. The van der Waals surface area contributed by atoms with Crippen LogP contribution in [0.3, 0.4) is 0 Å². The Labute approximate surface area is 97.6 Å². The second kappa shape index (κ2) is 5.32. The zero-order valence-electron chi connectivity index (χ0n) is 10.7. The molecule has 0 N–H and O–H groups in total. The first kappa shape index (κ1) is 13.0. The molecule has 0 spiro atoms. The molecule has 0 radical (unpaired) electrons. The minimum Gasteiger partial charge on any atom is -0.343 e. The standard InChI is InChI=1S/C12H22N2O2/c1-5-13(6-2)12(16)10-7-11(15)14(8-10)9(3)4/h9-10H,5-8H2,1-4H3/t10-/m0/s1. The van der Waals surface area contributed by atoms with Gasteiger partial charge in [-0.2, -0.15) is 0 Å². The first-order valence-corrected chi connectivity index (χ1v) is 6.09. The highest BCUT2D eigenvalue weighted by Gasteiger charge is 2.36. The number of amides is 2. The molecule has 1 heterocycles. The summed E-state index contributed by atoms with van der Waals surface area (Å²) in [6, 6.07) is 0.196. The van der Waals surface area contributed by atoms with E-state index in [9.17, 15) is 9.59 Å². The van der Waals surface area contributed by atoms with Crippen LogP contribution in [-0.4, -0.2) is 47.3 Å². The first-order chi connectivity index (χ1) is 7.51. The van der Waals surface area contributed by atoms with Gasteiger partial charge in [-0.15, -0.1) is 0 Å². The maximum atomic E-state index is 12.1. The van der Waals surface area contributed by atoms with Crippen LogP contribution in [0.1, 0.15) is 34.1 Å². The van der Waals surface area contributed by atoms with Crippen LogP contribution in [0, 0.1) is 5.92 Å². The highest BCUT2D eigenvalue weighted by Crippen LogP contribution is 2.21. The Morgan fingerprint density at radius 3 is 2.38 bits per heavy atom. The van der Waals surface area contributed by atoms with Gasteiger partial charge in [0.25, 0.3) is 0 Å².